The molecular weight excluding hydrogens is 326 g/mol. The second-order valence-corrected chi connectivity index (χ2v) is 6.01. The predicted molar refractivity (Wildman–Crippen MR) is 91.4 cm³/mol. The summed E-state index contributed by atoms with van der Waals surface area (Å²) >= 11 is 0. The monoisotopic (exact) mass is 347 g/mol. The van der Waals surface area contributed by atoms with Gasteiger partial charge in [0.1, 0.15) is 0 Å². The molecule has 0 aliphatic carbocycles. The summed E-state index contributed by atoms with van der Waals surface area (Å²) in [7, 11) is 3.02. The Morgan fingerprint density at radius 2 is 1.80 bits per heavy atom. The van der Waals surface area contributed by atoms with Gasteiger partial charge in [0.15, 0.2) is 17.0 Å². The van der Waals surface area contributed by atoms with Crippen LogP contribution in [0.3, 0.4) is 0 Å². The van der Waals surface area contributed by atoms with E-state index in [9.17, 15) is 14.7 Å². The SMILES string of the molecule is COc1cc(C)c(C(=O)Nc2cnn(C(C)(C)C(=O)O)c2)cc1OC. The number of hydrogen-bond acceptors (Lipinski definition) is 5. The van der Waals surface area contributed by atoms with Gasteiger partial charge in [-0.3, -0.25) is 9.48 Å². The van der Waals surface area contributed by atoms with Crippen molar-refractivity contribution in [3.8, 4) is 11.5 Å². The van der Waals surface area contributed by atoms with Crippen LogP contribution in [0.5, 0.6) is 11.5 Å². The second kappa shape index (κ2) is 6.84. The number of nitrogens with zero attached hydrogens (tertiary/aromatic N) is 2. The van der Waals surface area contributed by atoms with Gasteiger partial charge in [-0.2, -0.15) is 5.10 Å². The van der Waals surface area contributed by atoms with Crippen LogP contribution in [-0.4, -0.2) is 41.0 Å². The zero-order valence-corrected chi connectivity index (χ0v) is 14.8. The summed E-state index contributed by atoms with van der Waals surface area (Å²) in [5.74, 6) is -0.399. The van der Waals surface area contributed by atoms with E-state index in [1.165, 1.54) is 45.1 Å². The lowest BCUT2D eigenvalue weighted by Crippen LogP contribution is -2.35. The maximum Gasteiger partial charge on any atom is 0.331 e. The molecule has 0 aliphatic rings. The molecule has 134 valence electrons. The van der Waals surface area contributed by atoms with Gasteiger partial charge in [0, 0.05) is 11.8 Å². The molecule has 8 nitrogen and oxygen atoms in total. The molecule has 0 fully saturated rings. The van der Waals surface area contributed by atoms with Crippen molar-refractivity contribution in [1.29, 1.82) is 0 Å². The smallest absolute Gasteiger partial charge is 0.331 e. The summed E-state index contributed by atoms with van der Waals surface area (Å²) in [6.07, 6.45) is 2.88. The first-order valence-electron chi connectivity index (χ1n) is 7.53. The number of benzene rings is 1. The summed E-state index contributed by atoms with van der Waals surface area (Å²) in [6.45, 7) is 4.83. The lowest BCUT2D eigenvalue weighted by atomic mass is 10.1. The Morgan fingerprint density at radius 3 is 2.36 bits per heavy atom. The molecule has 0 unspecified atom stereocenters. The number of carboxylic acid groups (broad SMARTS) is 1. The largest absolute Gasteiger partial charge is 0.493 e. The molecule has 0 atom stereocenters. The van der Waals surface area contributed by atoms with Crippen molar-refractivity contribution in [3.63, 3.8) is 0 Å². The Labute approximate surface area is 145 Å². The molecule has 2 rings (SSSR count). The first-order valence-corrected chi connectivity index (χ1v) is 7.53. The van der Waals surface area contributed by atoms with Crippen molar-refractivity contribution in [3.05, 3.63) is 35.7 Å². The van der Waals surface area contributed by atoms with Crippen LogP contribution in [0.2, 0.25) is 0 Å². The van der Waals surface area contributed by atoms with E-state index in [2.05, 4.69) is 10.4 Å². The van der Waals surface area contributed by atoms with Crippen molar-refractivity contribution in [2.45, 2.75) is 26.3 Å². The molecule has 25 heavy (non-hydrogen) atoms. The maximum atomic E-state index is 12.5. The van der Waals surface area contributed by atoms with E-state index in [0.717, 1.165) is 0 Å². The predicted octanol–water partition coefficient (Wildman–Crippen LogP) is 2.28. The summed E-state index contributed by atoms with van der Waals surface area (Å²) < 4.78 is 11.7. The second-order valence-electron chi connectivity index (χ2n) is 6.01. The fourth-order valence-electron chi connectivity index (χ4n) is 2.21. The molecule has 0 aliphatic heterocycles. The van der Waals surface area contributed by atoms with Crippen molar-refractivity contribution in [2.24, 2.45) is 0 Å². The first-order chi connectivity index (χ1) is 11.7. The average Bonchev–Trinajstić information content (AvgIpc) is 3.03. The minimum atomic E-state index is -1.22. The number of aromatic nitrogens is 2. The number of aryl methyl sites for hydroxylation is 1. The van der Waals surface area contributed by atoms with E-state index in [-0.39, 0.29) is 5.91 Å². The molecule has 1 heterocycles. The first kappa shape index (κ1) is 18.3. The van der Waals surface area contributed by atoms with E-state index in [1.807, 2.05) is 0 Å². The third kappa shape index (κ3) is 3.57. The third-order valence-corrected chi connectivity index (χ3v) is 3.91. The number of anilines is 1. The molecule has 1 aromatic heterocycles. The molecule has 1 amide bonds. The third-order valence-electron chi connectivity index (χ3n) is 3.91. The van der Waals surface area contributed by atoms with Gasteiger partial charge in [-0.15, -0.1) is 0 Å². The minimum absolute atomic E-state index is 0.355. The Balaban J connectivity index is 2.26. The number of carbonyl (C=O) groups is 2. The zero-order valence-electron chi connectivity index (χ0n) is 14.8. The molecule has 2 N–H and O–H groups in total. The van der Waals surface area contributed by atoms with Gasteiger partial charge in [0.25, 0.3) is 5.91 Å². The van der Waals surface area contributed by atoms with E-state index in [0.29, 0.717) is 28.3 Å². The van der Waals surface area contributed by atoms with Gasteiger partial charge in [-0.1, -0.05) is 0 Å². The van der Waals surface area contributed by atoms with Crippen LogP contribution >= 0.6 is 0 Å². The van der Waals surface area contributed by atoms with E-state index in [1.54, 1.807) is 19.1 Å². The van der Waals surface area contributed by atoms with Gasteiger partial charge in [-0.05, 0) is 38.5 Å². The average molecular weight is 347 g/mol. The molecule has 0 radical (unpaired) electrons. The Bertz CT molecular complexity index is 811. The van der Waals surface area contributed by atoms with Crippen LogP contribution < -0.4 is 14.8 Å². The summed E-state index contributed by atoms with van der Waals surface area (Å²) in [6, 6.07) is 3.31. The molecular formula is C17H21N3O5. The standard InChI is InChI=1S/C17H21N3O5/c1-10-6-13(24-4)14(25-5)7-12(10)15(21)19-11-8-18-20(9-11)17(2,3)16(22)23/h6-9H,1-5H3,(H,19,21)(H,22,23). The Morgan fingerprint density at radius 1 is 1.20 bits per heavy atom. The Hall–Kier alpha value is -3.03. The van der Waals surface area contributed by atoms with E-state index in [4.69, 9.17) is 9.47 Å². The molecule has 1 aromatic carbocycles. The number of carboxylic acids is 1. The van der Waals surface area contributed by atoms with Crippen LogP contribution in [0.15, 0.2) is 24.5 Å². The Kier molecular flexibility index (Phi) is 5.01. The molecule has 0 saturated carbocycles. The fourth-order valence-corrected chi connectivity index (χ4v) is 2.21. The van der Waals surface area contributed by atoms with Gasteiger partial charge in [0.2, 0.25) is 0 Å². The highest BCUT2D eigenvalue weighted by Crippen LogP contribution is 2.30. The van der Waals surface area contributed by atoms with Crippen LogP contribution in [0, 0.1) is 6.92 Å². The van der Waals surface area contributed by atoms with Crippen molar-refractivity contribution in [2.75, 3.05) is 19.5 Å². The molecule has 0 bridgehead atoms. The van der Waals surface area contributed by atoms with Gasteiger partial charge in [0.05, 0.1) is 26.1 Å². The van der Waals surface area contributed by atoms with Gasteiger partial charge < -0.3 is 19.9 Å². The quantitative estimate of drug-likeness (QED) is 0.831. The van der Waals surface area contributed by atoms with Crippen LogP contribution in [-0.2, 0) is 10.3 Å². The topological polar surface area (TPSA) is 103 Å². The highest BCUT2D eigenvalue weighted by Gasteiger charge is 2.30. The van der Waals surface area contributed by atoms with Crippen molar-refractivity contribution >= 4 is 17.6 Å². The number of methoxy groups -OCH3 is 2. The number of hydrogen-bond donors (Lipinski definition) is 2. The van der Waals surface area contributed by atoms with E-state index >= 15 is 0 Å². The summed E-state index contributed by atoms with van der Waals surface area (Å²) in [5, 5.41) is 16.0. The number of nitrogens with one attached hydrogen (secondary N) is 1. The number of rotatable bonds is 6. The number of aliphatic carboxylic acids is 1. The van der Waals surface area contributed by atoms with Crippen LogP contribution in [0.25, 0.3) is 0 Å². The van der Waals surface area contributed by atoms with E-state index < -0.39 is 11.5 Å². The van der Waals surface area contributed by atoms with Gasteiger partial charge >= 0.3 is 5.97 Å². The fraction of sp³-hybridized carbons (Fsp3) is 0.353. The number of carbonyl (C=O) groups excluding carboxylic acids is 1. The van der Waals surface area contributed by atoms with Crippen molar-refractivity contribution in [1.82, 2.24) is 9.78 Å². The normalized spacial score (nSPS) is 11.1. The number of amides is 1. The van der Waals surface area contributed by atoms with Crippen molar-refractivity contribution < 1.29 is 24.2 Å². The lowest BCUT2D eigenvalue weighted by Gasteiger charge is -2.19. The highest BCUT2D eigenvalue weighted by molar-refractivity contribution is 6.05. The number of ether oxygens (including phenoxy) is 2. The zero-order chi connectivity index (χ0) is 18.8. The molecule has 0 saturated heterocycles. The van der Waals surface area contributed by atoms with Crippen LogP contribution in [0.1, 0.15) is 29.8 Å². The maximum absolute atomic E-state index is 12.5. The molecule has 0 spiro atoms. The van der Waals surface area contributed by atoms with Crippen LogP contribution in [0.4, 0.5) is 5.69 Å². The van der Waals surface area contributed by atoms with Gasteiger partial charge in [-0.25, -0.2) is 4.79 Å². The molecule has 2 aromatic rings. The summed E-state index contributed by atoms with van der Waals surface area (Å²) in [4.78, 5) is 23.8. The minimum Gasteiger partial charge on any atom is -0.493 e. The molecule has 8 heteroatoms. The highest BCUT2D eigenvalue weighted by atomic mass is 16.5. The lowest BCUT2D eigenvalue weighted by molar-refractivity contribution is -0.146. The summed E-state index contributed by atoms with van der Waals surface area (Å²) in [5.41, 5.74) is 0.312.